The minimum atomic E-state index is 0.749. The van der Waals surface area contributed by atoms with Crippen LogP contribution in [0.1, 0.15) is 0 Å². The molecule has 0 atom stereocenters. The molecule has 0 aliphatic carbocycles. The molecule has 3 aromatic carbocycles. The predicted molar refractivity (Wildman–Crippen MR) is 110 cm³/mol. The summed E-state index contributed by atoms with van der Waals surface area (Å²) in [7, 11) is 2.11. The third-order valence-corrected chi connectivity index (χ3v) is 3.68. The average molecular weight is 334 g/mol. The van der Waals surface area contributed by atoms with E-state index in [1.54, 1.807) is 24.3 Å². The molecule has 25 heavy (non-hydrogen) atoms. The normalized spacial score (nSPS) is 9.64. The van der Waals surface area contributed by atoms with Crippen LogP contribution in [0.3, 0.4) is 0 Å². The third kappa shape index (κ3) is 6.87. The Morgan fingerprint density at radius 1 is 0.720 bits per heavy atom. The molecule has 0 saturated heterocycles. The van der Waals surface area contributed by atoms with Crippen molar-refractivity contribution in [2.24, 2.45) is 0 Å². The lowest BCUT2D eigenvalue weighted by Crippen LogP contribution is -2.24. The number of benzene rings is 3. The summed E-state index contributed by atoms with van der Waals surface area (Å²) in [5, 5.41) is 3.40. The zero-order valence-electron chi connectivity index (χ0n) is 14.6. The van der Waals surface area contributed by atoms with E-state index in [4.69, 9.17) is 11.5 Å². The van der Waals surface area contributed by atoms with Gasteiger partial charge >= 0.3 is 0 Å². The van der Waals surface area contributed by atoms with Crippen LogP contribution < -0.4 is 21.7 Å². The molecule has 0 unspecified atom stereocenters. The van der Waals surface area contributed by atoms with Crippen molar-refractivity contribution in [1.82, 2.24) is 0 Å². The van der Waals surface area contributed by atoms with E-state index in [-0.39, 0.29) is 0 Å². The Bertz CT molecular complexity index is 691. The Labute approximate surface area is 150 Å². The van der Waals surface area contributed by atoms with Crippen LogP contribution in [-0.4, -0.2) is 20.1 Å². The molecule has 0 radical (unpaired) electrons. The molecular weight excluding hydrogens is 308 g/mol. The second-order valence-corrected chi connectivity index (χ2v) is 5.72. The molecule has 4 heteroatoms. The van der Waals surface area contributed by atoms with Crippen LogP contribution in [0.2, 0.25) is 0 Å². The molecule has 3 aromatic rings. The van der Waals surface area contributed by atoms with Crippen molar-refractivity contribution >= 4 is 22.7 Å². The Balaban J connectivity index is 0.000000236. The molecule has 0 saturated carbocycles. The summed E-state index contributed by atoms with van der Waals surface area (Å²) in [5.41, 5.74) is 14.7. The van der Waals surface area contributed by atoms with Gasteiger partial charge in [-0.1, -0.05) is 36.4 Å². The van der Waals surface area contributed by atoms with Gasteiger partial charge in [0.2, 0.25) is 0 Å². The molecule has 0 aliphatic rings. The summed E-state index contributed by atoms with van der Waals surface area (Å²) in [6.07, 6.45) is 0. The van der Waals surface area contributed by atoms with E-state index < -0.39 is 0 Å². The van der Waals surface area contributed by atoms with Crippen LogP contribution in [0.15, 0.2) is 84.9 Å². The monoisotopic (exact) mass is 334 g/mol. The lowest BCUT2D eigenvalue weighted by molar-refractivity contribution is 0.915. The topological polar surface area (TPSA) is 67.3 Å². The number of nitrogens with two attached hydrogens (primary N) is 2. The number of nitrogen functional groups attached to an aromatic ring is 2. The quantitative estimate of drug-likeness (QED) is 0.615. The lowest BCUT2D eigenvalue weighted by atomic mass is 10.3. The predicted octanol–water partition coefficient (Wildman–Crippen LogP) is 4.09. The number of hydrogen-bond acceptors (Lipinski definition) is 4. The van der Waals surface area contributed by atoms with E-state index in [1.165, 1.54) is 11.4 Å². The summed E-state index contributed by atoms with van der Waals surface area (Å²) in [6.45, 7) is 1.92. The minimum Gasteiger partial charge on any atom is -0.399 e. The van der Waals surface area contributed by atoms with E-state index in [0.717, 1.165) is 24.5 Å². The molecule has 0 fully saturated rings. The highest BCUT2D eigenvalue weighted by Gasteiger charge is 1.98. The second kappa shape index (κ2) is 9.88. The molecule has 0 amide bonds. The molecule has 5 N–H and O–H groups in total. The van der Waals surface area contributed by atoms with E-state index in [0.29, 0.717) is 0 Å². The fourth-order valence-corrected chi connectivity index (χ4v) is 2.23. The van der Waals surface area contributed by atoms with E-state index in [9.17, 15) is 0 Å². The highest BCUT2D eigenvalue weighted by Crippen LogP contribution is 2.10. The maximum atomic E-state index is 5.37. The minimum absolute atomic E-state index is 0.749. The summed E-state index contributed by atoms with van der Waals surface area (Å²) < 4.78 is 0. The van der Waals surface area contributed by atoms with Crippen molar-refractivity contribution < 1.29 is 0 Å². The first-order chi connectivity index (χ1) is 12.1. The third-order valence-electron chi connectivity index (χ3n) is 3.68. The molecule has 0 aromatic heterocycles. The van der Waals surface area contributed by atoms with E-state index in [2.05, 4.69) is 53.7 Å². The van der Waals surface area contributed by atoms with Gasteiger partial charge in [-0.25, -0.2) is 0 Å². The maximum Gasteiger partial charge on any atom is 0.0364 e. The number of para-hydroxylation sites is 2. The van der Waals surface area contributed by atoms with Gasteiger partial charge in [0.15, 0.2) is 0 Å². The first kappa shape index (κ1) is 18.2. The standard InChI is InChI=1S/C15H18N2.C6H8N2/c1-17(15-10-6-3-7-11-15)13-12-16-14-8-4-2-5-9-14;7-5-1-2-6(8)4-3-5/h2-11,16H,12-13H2,1H3;1-4H,7-8H2. The van der Waals surface area contributed by atoms with Crippen LogP contribution in [0.25, 0.3) is 0 Å². The number of nitrogens with zero attached hydrogens (tertiary/aromatic N) is 1. The zero-order valence-corrected chi connectivity index (χ0v) is 14.6. The van der Waals surface area contributed by atoms with Crippen molar-refractivity contribution in [2.75, 3.05) is 41.8 Å². The van der Waals surface area contributed by atoms with Crippen molar-refractivity contribution in [3.05, 3.63) is 84.9 Å². The van der Waals surface area contributed by atoms with Crippen LogP contribution in [0, 0.1) is 0 Å². The number of anilines is 4. The molecule has 0 aliphatic heterocycles. The Hall–Kier alpha value is -3.14. The molecular formula is C21H26N4. The lowest BCUT2D eigenvalue weighted by Gasteiger charge is -2.19. The molecule has 0 spiro atoms. The van der Waals surface area contributed by atoms with Gasteiger partial charge in [0.05, 0.1) is 0 Å². The van der Waals surface area contributed by atoms with Gasteiger partial charge in [-0.15, -0.1) is 0 Å². The second-order valence-electron chi connectivity index (χ2n) is 5.72. The Morgan fingerprint density at radius 2 is 1.20 bits per heavy atom. The van der Waals surface area contributed by atoms with Crippen molar-refractivity contribution in [1.29, 1.82) is 0 Å². The van der Waals surface area contributed by atoms with Gasteiger partial charge in [-0.2, -0.15) is 0 Å². The van der Waals surface area contributed by atoms with Gasteiger partial charge in [0, 0.05) is 42.9 Å². The van der Waals surface area contributed by atoms with E-state index in [1.807, 2.05) is 24.3 Å². The largest absolute Gasteiger partial charge is 0.399 e. The SMILES string of the molecule is CN(CCNc1ccccc1)c1ccccc1.Nc1ccc(N)cc1. The number of hydrogen-bond donors (Lipinski definition) is 3. The van der Waals surface area contributed by atoms with Crippen LogP contribution in [0.5, 0.6) is 0 Å². The maximum absolute atomic E-state index is 5.37. The Morgan fingerprint density at radius 3 is 1.72 bits per heavy atom. The summed E-state index contributed by atoms with van der Waals surface area (Å²) in [6, 6.07) is 27.8. The number of likely N-dealkylation sites (N-methyl/N-ethyl adjacent to an activating group) is 1. The molecule has 3 rings (SSSR count). The van der Waals surface area contributed by atoms with Gasteiger partial charge in [-0.05, 0) is 48.5 Å². The van der Waals surface area contributed by atoms with Gasteiger partial charge in [-0.3, -0.25) is 0 Å². The van der Waals surface area contributed by atoms with Gasteiger partial charge in [0.1, 0.15) is 0 Å². The highest BCUT2D eigenvalue weighted by atomic mass is 15.1. The van der Waals surface area contributed by atoms with Gasteiger partial charge < -0.3 is 21.7 Å². The summed E-state index contributed by atoms with van der Waals surface area (Å²) in [5.74, 6) is 0. The van der Waals surface area contributed by atoms with Crippen molar-refractivity contribution in [3.63, 3.8) is 0 Å². The Kier molecular flexibility index (Phi) is 7.19. The van der Waals surface area contributed by atoms with Crippen LogP contribution >= 0.6 is 0 Å². The summed E-state index contributed by atoms with van der Waals surface area (Å²) >= 11 is 0. The smallest absolute Gasteiger partial charge is 0.0364 e. The molecule has 0 heterocycles. The summed E-state index contributed by atoms with van der Waals surface area (Å²) in [4.78, 5) is 2.25. The first-order valence-corrected chi connectivity index (χ1v) is 8.31. The van der Waals surface area contributed by atoms with Crippen molar-refractivity contribution in [3.8, 4) is 0 Å². The zero-order chi connectivity index (χ0) is 17.9. The molecule has 0 bridgehead atoms. The van der Waals surface area contributed by atoms with Crippen molar-refractivity contribution in [2.45, 2.75) is 0 Å². The molecule has 4 nitrogen and oxygen atoms in total. The highest BCUT2D eigenvalue weighted by molar-refractivity contribution is 5.48. The van der Waals surface area contributed by atoms with Crippen LogP contribution in [-0.2, 0) is 0 Å². The van der Waals surface area contributed by atoms with Crippen LogP contribution in [0.4, 0.5) is 22.7 Å². The number of rotatable bonds is 5. The fourth-order valence-electron chi connectivity index (χ4n) is 2.23. The number of nitrogens with one attached hydrogen (secondary N) is 1. The van der Waals surface area contributed by atoms with Gasteiger partial charge in [0.25, 0.3) is 0 Å². The average Bonchev–Trinajstić information content (AvgIpc) is 2.66. The first-order valence-electron chi connectivity index (χ1n) is 8.31. The van der Waals surface area contributed by atoms with E-state index >= 15 is 0 Å². The fraction of sp³-hybridized carbons (Fsp3) is 0.143. The molecule has 130 valence electrons.